The highest BCUT2D eigenvalue weighted by Gasteiger charge is 2.40. The SMILES string of the molecule is Cn1nc(C(=O)N2CCC(O)(COc3ccc(F)cc3)C2)c2c1CCC2. The number of hydrogen-bond donors (Lipinski definition) is 1. The molecule has 1 atom stereocenters. The summed E-state index contributed by atoms with van der Waals surface area (Å²) >= 11 is 0. The molecule has 6 nitrogen and oxygen atoms in total. The largest absolute Gasteiger partial charge is 0.491 e. The topological polar surface area (TPSA) is 67.6 Å². The Labute approximate surface area is 151 Å². The Kier molecular flexibility index (Phi) is 4.19. The number of likely N-dealkylation sites (tertiary alicyclic amines) is 1. The van der Waals surface area contributed by atoms with Crippen LogP contribution in [0.3, 0.4) is 0 Å². The van der Waals surface area contributed by atoms with Gasteiger partial charge in [0.15, 0.2) is 5.69 Å². The highest BCUT2D eigenvalue weighted by atomic mass is 19.1. The van der Waals surface area contributed by atoms with E-state index >= 15 is 0 Å². The van der Waals surface area contributed by atoms with Crippen molar-refractivity contribution >= 4 is 5.91 Å². The molecule has 1 aliphatic carbocycles. The first kappa shape index (κ1) is 17.0. The number of halogens is 1. The van der Waals surface area contributed by atoms with Crippen molar-refractivity contribution in [2.24, 2.45) is 7.05 Å². The second kappa shape index (κ2) is 6.39. The number of ether oxygens (including phenoxy) is 1. The summed E-state index contributed by atoms with van der Waals surface area (Å²) < 4.78 is 20.3. The average molecular weight is 359 g/mol. The van der Waals surface area contributed by atoms with Gasteiger partial charge in [-0.25, -0.2) is 4.39 Å². The molecule has 1 aromatic heterocycles. The Hall–Kier alpha value is -2.41. The number of carbonyl (C=O) groups is 1. The van der Waals surface area contributed by atoms with Gasteiger partial charge in [-0.2, -0.15) is 5.10 Å². The van der Waals surface area contributed by atoms with E-state index in [1.807, 2.05) is 7.05 Å². The van der Waals surface area contributed by atoms with Gasteiger partial charge in [-0.05, 0) is 49.9 Å². The summed E-state index contributed by atoms with van der Waals surface area (Å²) in [7, 11) is 1.87. The van der Waals surface area contributed by atoms with Crippen LogP contribution in [-0.2, 0) is 19.9 Å². The van der Waals surface area contributed by atoms with Crippen LogP contribution >= 0.6 is 0 Å². The number of rotatable bonds is 4. The van der Waals surface area contributed by atoms with Crippen LogP contribution in [0.1, 0.15) is 34.6 Å². The molecule has 1 N–H and O–H groups in total. The highest BCUT2D eigenvalue weighted by molar-refractivity contribution is 5.94. The van der Waals surface area contributed by atoms with Crippen LogP contribution in [0.4, 0.5) is 4.39 Å². The van der Waals surface area contributed by atoms with Crippen LogP contribution in [0, 0.1) is 5.82 Å². The van der Waals surface area contributed by atoms with Crippen LogP contribution in [-0.4, -0.2) is 51.0 Å². The summed E-state index contributed by atoms with van der Waals surface area (Å²) in [5, 5.41) is 15.2. The number of nitrogens with zero attached hydrogens (tertiary/aromatic N) is 3. The number of amides is 1. The van der Waals surface area contributed by atoms with Crippen molar-refractivity contribution in [1.82, 2.24) is 14.7 Å². The van der Waals surface area contributed by atoms with Crippen LogP contribution in [0.5, 0.6) is 5.75 Å². The van der Waals surface area contributed by atoms with E-state index in [-0.39, 0.29) is 24.9 Å². The Morgan fingerprint density at radius 2 is 2.12 bits per heavy atom. The van der Waals surface area contributed by atoms with E-state index in [2.05, 4.69) is 5.10 Å². The van der Waals surface area contributed by atoms with Crippen molar-refractivity contribution in [2.75, 3.05) is 19.7 Å². The van der Waals surface area contributed by atoms with Crippen molar-refractivity contribution in [1.29, 1.82) is 0 Å². The lowest BCUT2D eigenvalue weighted by molar-refractivity contribution is 0.00422. The summed E-state index contributed by atoms with van der Waals surface area (Å²) in [6.07, 6.45) is 3.34. The first-order valence-corrected chi connectivity index (χ1v) is 8.90. The zero-order chi connectivity index (χ0) is 18.3. The molecule has 1 aliphatic heterocycles. The van der Waals surface area contributed by atoms with Crippen molar-refractivity contribution < 1.29 is 19.0 Å². The van der Waals surface area contributed by atoms with Gasteiger partial charge in [0.2, 0.25) is 0 Å². The number of carbonyl (C=O) groups excluding carboxylic acids is 1. The third kappa shape index (κ3) is 3.07. The minimum absolute atomic E-state index is 0.0583. The normalized spacial score (nSPS) is 21.9. The van der Waals surface area contributed by atoms with Gasteiger partial charge >= 0.3 is 0 Å². The Morgan fingerprint density at radius 1 is 1.35 bits per heavy atom. The molecule has 1 fully saturated rings. The molecule has 1 saturated heterocycles. The number of benzene rings is 1. The van der Waals surface area contributed by atoms with E-state index in [0.29, 0.717) is 24.4 Å². The minimum Gasteiger partial charge on any atom is -0.491 e. The van der Waals surface area contributed by atoms with Crippen LogP contribution in [0.15, 0.2) is 24.3 Å². The molecule has 0 spiro atoms. The average Bonchev–Trinajstić information content (AvgIpc) is 3.32. The lowest BCUT2D eigenvalue weighted by atomic mass is 10.1. The number of hydrogen-bond acceptors (Lipinski definition) is 4. The van der Waals surface area contributed by atoms with E-state index in [0.717, 1.165) is 30.5 Å². The molecule has 138 valence electrons. The minimum atomic E-state index is -1.11. The predicted molar refractivity (Wildman–Crippen MR) is 92.6 cm³/mol. The van der Waals surface area contributed by atoms with Gasteiger partial charge in [-0.1, -0.05) is 0 Å². The fourth-order valence-electron chi connectivity index (χ4n) is 3.83. The first-order valence-electron chi connectivity index (χ1n) is 8.90. The molecular weight excluding hydrogens is 337 g/mol. The molecule has 1 amide bonds. The summed E-state index contributed by atoms with van der Waals surface area (Å²) in [5.74, 6) is 0.0326. The molecule has 4 rings (SSSR count). The van der Waals surface area contributed by atoms with Crippen LogP contribution in [0.2, 0.25) is 0 Å². The van der Waals surface area contributed by atoms with Crippen LogP contribution < -0.4 is 4.74 Å². The van der Waals surface area contributed by atoms with Crippen molar-refractivity contribution in [3.8, 4) is 5.75 Å². The standard InChI is InChI=1S/C19H22FN3O3/c1-22-16-4-2-3-15(16)17(21-22)18(24)23-10-9-19(25,11-23)12-26-14-7-5-13(20)6-8-14/h5-8,25H,2-4,9-12H2,1H3. The van der Waals surface area contributed by atoms with Gasteiger partial charge < -0.3 is 14.7 Å². The molecule has 0 bridgehead atoms. The fourth-order valence-corrected chi connectivity index (χ4v) is 3.83. The molecule has 2 aromatic rings. The molecule has 2 heterocycles. The third-order valence-corrected chi connectivity index (χ3v) is 5.26. The van der Waals surface area contributed by atoms with Crippen LogP contribution in [0.25, 0.3) is 0 Å². The van der Waals surface area contributed by atoms with E-state index in [9.17, 15) is 14.3 Å². The summed E-state index contributed by atoms with van der Waals surface area (Å²) in [6, 6.07) is 5.67. The van der Waals surface area contributed by atoms with Gasteiger partial charge in [0.1, 0.15) is 23.8 Å². The summed E-state index contributed by atoms with van der Waals surface area (Å²) in [6.45, 7) is 0.731. The highest BCUT2D eigenvalue weighted by Crippen LogP contribution is 2.29. The van der Waals surface area contributed by atoms with Gasteiger partial charge in [0, 0.05) is 24.8 Å². The van der Waals surface area contributed by atoms with Gasteiger partial charge in [0.05, 0.1) is 6.54 Å². The van der Waals surface area contributed by atoms with Gasteiger partial charge in [-0.15, -0.1) is 0 Å². The van der Waals surface area contributed by atoms with Crippen molar-refractivity contribution in [3.63, 3.8) is 0 Å². The third-order valence-electron chi connectivity index (χ3n) is 5.26. The molecule has 0 radical (unpaired) electrons. The monoisotopic (exact) mass is 359 g/mol. The van der Waals surface area contributed by atoms with Crippen molar-refractivity contribution in [3.05, 3.63) is 47.0 Å². The zero-order valence-electron chi connectivity index (χ0n) is 14.7. The molecular formula is C19H22FN3O3. The van der Waals surface area contributed by atoms with E-state index < -0.39 is 5.60 Å². The Bertz CT molecular complexity index is 833. The smallest absolute Gasteiger partial charge is 0.274 e. The second-order valence-electron chi connectivity index (χ2n) is 7.19. The van der Waals surface area contributed by atoms with Crippen molar-refractivity contribution in [2.45, 2.75) is 31.3 Å². The lowest BCUT2D eigenvalue weighted by Gasteiger charge is -2.23. The first-order chi connectivity index (χ1) is 12.5. The number of β-amino-alcohol motifs (C(OH)–C–C–N with tert-alkyl or cyclic N) is 1. The lowest BCUT2D eigenvalue weighted by Crippen LogP contribution is -2.41. The Balaban J connectivity index is 1.42. The quantitative estimate of drug-likeness (QED) is 0.902. The number of fused-ring (bicyclic) bond motifs is 1. The van der Waals surface area contributed by atoms with Gasteiger partial charge in [0.25, 0.3) is 5.91 Å². The fraction of sp³-hybridized carbons (Fsp3) is 0.474. The molecule has 26 heavy (non-hydrogen) atoms. The summed E-state index contributed by atoms with van der Waals surface area (Å²) in [5.41, 5.74) is 1.60. The van der Waals surface area contributed by atoms with E-state index in [4.69, 9.17) is 4.74 Å². The zero-order valence-corrected chi connectivity index (χ0v) is 14.7. The maximum Gasteiger partial charge on any atom is 0.274 e. The molecule has 1 aromatic carbocycles. The molecule has 1 unspecified atom stereocenters. The van der Waals surface area contributed by atoms with E-state index in [1.165, 1.54) is 24.3 Å². The molecule has 7 heteroatoms. The summed E-state index contributed by atoms with van der Waals surface area (Å²) in [4.78, 5) is 14.5. The molecule has 0 saturated carbocycles. The van der Waals surface area contributed by atoms with Gasteiger partial charge in [-0.3, -0.25) is 9.48 Å². The number of aromatic nitrogens is 2. The number of aliphatic hydroxyl groups is 1. The second-order valence-corrected chi connectivity index (χ2v) is 7.19. The maximum atomic E-state index is 12.9. The van der Waals surface area contributed by atoms with E-state index in [1.54, 1.807) is 9.58 Å². The Morgan fingerprint density at radius 3 is 2.88 bits per heavy atom. The predicted octanol–water partition coefficient (Wildman–Crippen LogP) is 1.70. The maximum absolute atomic E-state index is 12.9. The number of aryl methyl sites for hydroxylation is 1. The molecule has 2 aliphatic rings.